The molecule has 0 bridgehead atoms. The summed E-state index contributed by atoms with van der Waals surface area (Å²) in [6.45, 7) is 7.18. The molecule has 1 amide bonds. The highest BCUT2D eigenvalue weighted by molar-refractivity contribution is 5.81. The highest BCUT2D eigenvalue weighted by Gasteiger charge is 2.39. The number of nitrogens with zero attached hydrogens (tertiary/aromatic N) is 1. The number of nitrogens with one attached hydrogen (secondary N) is 1. The number of amides is 1. The van der Waals surface area contributed by atoms with E-state index in [1.54, 1.807) is 0 Å². The average molecular weight is 286 g/mol. The van der Waals surface area contributed by atoms with Crippen LogP contribution in [0.3, 0.4) is 0 Å². The number of benzene rings is 1. The Morgan fingerprint density at radius 1 is 1.19 bits per heavy atom. The van der Waals surface area contributed by atoms with Gasteiger partial charge in [-0.2, -0.15) is 0 Å². The number of carbonyl (C=O) groups is 1. The Morgan fingerprint density at radius 2 is 1.90 bits per heavy atom. The molecule has 1 aromatic carbocycles. The first-order chi connectivity index (χ1) is 10.1. The highest BCUT2D eigenvalue weighted by atomic mass is 16.2. The molecule has 114 valence electrons. The summed E-state index contributed by atoms with van der Waals surface area (Å²) in [5.41, 5.74) is 2.56. The summed E-state index contributed by atoms with van der Waals surface area (Å²) in [5, 5.41) is 3.39. The topological polar surface area (TPSA) is 32.3 Å². The largest absolute Gasteiger partial charge is 0.319 e. The van der Waals surface area contributed by atoms with Gasteiger partial charge in [0.2, 0.25) is 5.91 Å². The molecule has 2 aliphatic rings. The standard InChI is InChI=1S/C18H26N2O/c1-12(2)14-5-7-15(8-6-14)18-19-11-17(21)20(18)16-9-4-13(3)10-16/h5-8,12-13,16,18-19H,4,9-11H2,1-3H3. The van der Waals surface area contributed by atoms with Crippen LogP contribution in [0.2, 0.25) is 0 Å². The van der Waals surface area contributed by atoms with Crippen LogP contribution >= 0.6 is 0 Å². The van der Waals surface area contributed by atoms with Crippen LogP contribution < -0.4 is 5.32 Å². The van der Waals surface area contributed by atoms with Gasteiger partial charge in [-0.25, -0.2) is 0 Å². The number of hydrogen-bond donors (Lipinski definition) is 1. The van der Waals surface area contributed by atoms with E-state index in [1.165, 1.54) is 17.5 Å². The van der Waals surface area contributed by atoms with Crippen molar-refractivity contribution < 1.29 is 4.79 Å². The summed E-state index contributed by atoms with van der Waals surface area (Å²) in [5.74, 6) is 1.54. The Hall–Kier alpha value is -1.35. The van der Waals surface area contributed by atoms with Crippen LogP contribution in [0.4, 0.5) is 0 Å². The summed E-state index contributed by atoms with van der Waals surface area (Å²) in [4.78, 5) is 14.4. The van der Waals surface area contributed by atoms with E-state index in [9.17, 15) is 4.79 Å². The van der Waals surface area contributed by atoms with Gasteiger partial charge in [-0.3, -0.25) is 10.1 Å². The molecular weight excluding hydrogens is 260 g/mol. The first kappa shape index (κ1) is 14.6. The van der Waals surface area contributed by atoms with Crippen molar-refractivity contribution in [2.75, 3.05) is 6.54 Å². The number of rotatable bonds is 3. The SMILES string of the molecule is CC1CCC(N2C(=O)CNC2c2ccc(C(C)C)cc2)C1. The fraction of sp³-hybridized carbons (Fsp3) is 0.611. The van der Waals surface area contributed by atoms with Crippen LogP contribution in [0.1, 0.15) is 63.2 Å². The maximum atomic E-state index is 12.3. The molecule has 2 fully saturated rings. The molecule has 1 aromatic rings. The Morgan fingerprint density at radius 3 is 2.48 bits per heavy atom. The molecular formula is C18H26N2O. The lowest BCUT2D eigenvalue weighted by molar-refractivity contribution is -0.130. The highest BCUT2D eigenvalue weighted by Crippen LogP contribution is 2.35. The molecule has 1 N–H and O–H groups in total. The fourth-order valence-corrected chi connectivity index (χ4v) is 3.70. The van der Waals surface area contributed by atoms with Gasteiger partial charge >= 0.3 is 0 Å². The molecule has 1 heterocycles. The van der Waals surface area contributed by atoms with Crippen molar-refractivity contribution in [3.05, 3.63) is 35.4 Å². The minimum absolute atomic E-state index is 0.0639. The summed E-state index contributed by atoms with van der Waals surface area (Å²) in [6, 6.07) is 9.16. The van der Waals surface area contributed by atoms with Gasteiger partial charge in [0.15, 0.2) is 0 Å². The molecule has 3 nitrogen and oxygen atoms in total. The van der Waals surface area contributed by atoms with Crippen LogP contribution in [-0.4, -0.2) is 23.4 Å². The van der Waals surface area contributed by atoms with Crippen LogP contribution in [0.15, 0.2) is 24.3 Å². The Balaban J connectivity index is 1.81. The summed E-state index contributed by atoms with van der Waals surface area (Å²) in [7, 11) is 0. The second kappa shape index (κ2) is 5.80. The third-order valence-corrected chi connectivity index (χ3v) is 4.99. The Labute approximate surface area is 127 Å². The van der Waals surface area contributed by atoms with Crippen LogP contribution in [0.25, 0.3) is 0 Å². The molecule has 3 atom stereocenters. The van der Waals surface area contributed by atoms with Gasteiger partial charge < -0.3 is 4.90 Å². The van der Waals surface area contributed by atoms with E-state index in [0.717, 1.165) is 18.8 Å². The molecule has 0 radical (unpaired) electrons. The van der Waals surface area contributed by atoms with Gasteiger partial charge in [0.05, 0.1) is 6.54 Å². The molecule has 0 aromatic heterocycles. The predicted octanol–water partition coefficient (Wildman–Crippen LogP) is 3.43. The van der Waals surface area contributed by atoms with Gasteiger partial charge in [0.1, 0.15) is 6.17 Å². The van der Waals surface area contributed by atoms with E-state index in [1.807, 2.05) is 0 Å². The molecule has 3 unspecified atom stereocenters. The van der Waals surface area contributed by atoms with E-state index in [2.05, 4.69) is 55.3 Å². The number of carbonyl (C=O) groups excluding carboxylic acids is 1. The zero-order chi connectivity index (χ0) is 15.0. The van der Waals surface area contributed by atoms with E-state index in [4.69, 9.17) is 0 Å². The van der Waals surface area contributed by atoms with Crippen molar-refractivity contribution in [1.82, 2.24) is 10.2 Å². The van der Waals surface area contributed by atoms with Crippen molar-refractivity contribution in [1.29, 1.82) is 0 Å². The second-order valence-corrected chi connectivity index (χ2v) is 6.98. The molecule has 0 spiro atoms. The quantitative estimate of drug-likeness (QED) is 0.923. The fourth-order valence-electron chi connectivity index (χ4n) is 3.70. The van der Waals surface area contributed by atoms with Crippen molar-refractivity contribution in [3.63, 3.8) is 0 Å². The predicted molar refractivity (Wildman–Crippen MR) is 84.9 cm³/mol. The molecule has 1 aliphatic heterocycles. The van der Waals surface area contributed by atoms with Crippen LogP contribution in [0, 0.1) is 5.92 Å². The second-order valence-electron chi connectivity index (χ2n) is 6.98. The summed E-state index contributed by atoms with van der Waals surface area (Å²) in [6.07, 6.45) is 3.60. The zero-order valence-electron chi connectivity index (χ0n) is 13.3. The van der Waals surface area contributed by atoms with E-state index in [0.29, 0.717) is 18.5 Å². The Kier molecular flexibility index (Phi) is 4.03. The smallest absolute Gasteiger partial charge is 0.238 e. The molecule has 21 heavy (non-hydrogen) atoms. The molecule has 1 aliphatic carbocycles. The summed E-state index contributed by atoms with van der Waals surface area (Å²) < 4.78 is 0. The molecule has 1 saturated carbocycles. The van der Waals surface area contributed by atoms with Crippen LogP contribution in [-0.2, 0) is 4.79 Å². The molecule has 3 rings (SSSR count). The van der Waals surface area contributed by atoms with Crippen molar-refractivity contribution in [3.8, 4) is 0 Å². The number of hydrogen-bond acceptors (Lipinski definition) is 2. The van der Waals surface area contributed by atoms with Gasteiger partial charge in [-0.15, -0.1) is 0 Å². The van der Waals surface area contributed by atoms with E-state index in [-0.39, 0.29) is 12.1 Å². The van der Waals surface area contributed by atoms with E-state index >= 15 is 0 Å². The molecule has 1 saturated heterocycles. The molecule has 3 heteroatoms. The lowest BCUT2D eigenvalue weighted by atomic mass is 10.0. The third-order valence-electron chi connectivity index (χ3n) is 4.99. The lowest BCUT2D eigenvalue weighted by Crippen LogP contribution is -2.38. The van der Waals surface area contributed by atoms with E-state index < -0.39 is 0 Å². The first-order valence-corrected chi connectivity index (χ1v) is 8.20. The van der Waals surface area contributed by atoms with Crippen LogP contribution in [0.5, 0.6) is 0 Å². The first-order valence-electron chi connectivity index (χ1n) is 8.20. The lowest BCUT2D eigenvalue weighted by Gasteiger charge is -2.31. The monoisotopic (exact) mass is 286 g/mol. The van der Waals surface area contributed by atoms with Gasteiger partial charge in [-0.1, -0.05) is 45.0 Å². The van der Waals surface area contributed by atoms with Gasteiger partial charge in [-0.05, 0) is 42.2 Å². The zero-order valence-corrected chi connectivity index (χ0v) is 13.3. The Bertz CT molecular complexity index is 508. The summed E-state index contributed by atoms with van der Waals surface area (Å²) >= 11 is 0. The van der Waals surface area contributed by atoms with Crippen molar-refractivity contribution in [2.45, 2.75) is 58.2 Å². The normalized spacial score (nSPS) is 29.6. The third kappa shape index (κ3) is 2.84. The maximum Gasteiger partial charge on any atom is 0.238 e. The average Bonchev–Trinajstić information content (AvgIpc) is 3.04. The maximum absolute atomic E-state index is 12.3. The van der Waals surface area contributed by atoms with Crippen molar-refractivity contribution >= 4 is 5.91 Å². The minimum Gasteiger partial charge on any atom is -0.319 e. The minimum atomic E-state index is 0.0639. The van der Waals surface area contributed by atoms with Crippen molar-refractivity contribution in [2.24, 2.45) is 5.92 Å². The van der Waals surface area contributed by atoms with Gasteiger partial charge in [0, 0.05) is 6.04 Å². The van der Waals surface area contributed by atoms with Gasteiger partial charge in [0.25, 0.3) is 0 Å².